The molecule has 0 aromatic heterocycles. The monoisotopic (exact) mass is 321 g/mol. The second-order valence-corrected chi connectivity index (χ2v) is 6.09. The second-order valence-electron chi connectivity index (χ2n) is 6.09. The Hall–Kier alpha value is -1.50. The number of halogens is 1. The van der Waals surface area contributed by atoms with Crippen LogP contribution in [0.2, 0.25) is 0 Å². The number of hydrogen-bond acceptors (Lipinski definition) is 4. The van der Waals surface area contributed by atoms with Gasteiger partial charge in [-0.05, 0) is 24.3 Å². The van der Waals surface area contributed by atoms with E-state index in [9.17, 15) is 9.18 Å². The molecule has 23 heavy (non-hydrogen) atoms. The first-order chi connectivity index (χ1) is 11.2. The minimum absolute atomic E-state index is 0.00201. The van der Waals surface area contributed by atoms with Crippen LogP contribution in [0.3, 0.4) is 0 Å². The summed E-state index contributed by atoms with van der Waals surface area (Å²) in [7, 11) is 0. The fourth-order valence-electron chi connectivity index (χ4n) is 3.06. The average Bonchev–Trinajstić information content (AvgIpc) is 2.61. The van der Waals surface area contributed by atoms with Gasteiger partial charge in [-0.25, -0.2) is 4.39 Å². The summed E-state index contributed by atoms with van der Waals surface area (Å²) in [5, 5.41) is 0. The lowest BCUT2D eigenvalue weighted by Gasteiger charge is -2.36. The van der Waals surface area contributed by atoms with Crippen LogP contribution in [0.5, 0.6) is 0 Å². The van der Waals surface area contributed by atoms with Crippen LogP contribution in [-0.2, 0) is 4.74 Å². The van der Waals surface area contributed by atoms with E-state index in [0.29, 0.717) is 5.56 Å². The van der Waals surface area contributed by atoms with Gasteiger partial charge in [-0.15, -0.1) is 0 Å². The van der Waals surface area contributed by atoms with Crippen molar-refractivity contribution in [3.05, 3.63) is 35.6 Å². The predicted molar refractivity (Wildman–Crippen MR) is 86.0 cm³/mol. The molecule has 5 nitrogen and oxygen atoms in total. The molecule has 0 aliphatic carbocycles. The van der Waals surface area contributed by atoms with E-state index in [4.69, 9.17) is 4.74 Å². The van der Waals surface area contributed by atoms with Crippen LogP contribution in [0.15, 0.2) is 24.3 Å². The fourth-order valence-corrected chi connectivity index (χ4v) is 3.06. The number of morpholine rings is 1. The molecule has 2 saturated heterocycles. The van der Waals surface area contributed by atoms with Crippen molar-refractivity contribution < 1.29 is 13.9 Å². The maximum absolute atomic E-state index is 12.9. The molecule has 2 aliphatic heterocycles. The first-order valence-electron chi connectivity index (χ1n) is 8.30. The number of rotatable bonds is 4. The zero-order valence-corrected chi connectivity index (χ0v) is 13.4. The van der Waals surface area contributed by atoms with Crippen molar-refractivity contribution in [2.75, 3.05) is 65.6 Å². The van der Waals surface area contributed by atoms with Crippen LogP contribution < -0.4 is 0 Å². The minimum atomic E-state index is -0.311. The molecule has 0 atom stereocenters. The third-order valence-corrected chi connectivity index (χ3v) is 4.59. The van der Waals surface area contributed by atoms with E-state index in [1.807, 2.05) is 4.90 Å². The van der Waals surface area contributed by atoms with E-state index >= 15 is 0 Å². The summed E-state index contributed by atoms with van der Waals surface area (Å²) in [5.74, 6) is -0.313. The molecule has 0 radical (unpaired) electrons. The lowest BCUT2D eigenvalue weighted by Crippen LogP contribution is -2.51. The van der Waals surface area contributed by atoms with Crippen molar-refractivity contribution in [2.24, 2.45) is 0 Å². The standard InChI is InChI=1S/C17H24FN3O2/c18-16-3-1-15(2-4-16)17(22)21-9-7-19(8-10-21)5-6-20-11-13-23-14-12-20/h1-4H,5-14H2. The number of carbonyl (C=O) groups excluding carboxylic acids is 1. The van der Waals surface area contributed by atoms with E-state index in [0.717, 1.165) is 65.6 Å². The predicted octanol–water partition coefficient (Wildman–Crippen LogP) is 0.916. The van der Waals surface area contributed by atoms with E-state index in [2.05, 4.69) is 9.80 Å². The molecule has 0 bridgehead atoms. The summed E-state index contributed by atoms with van der Waals surface area (Å²) in [4.78, 5) is 19.1. The molecule has 0 unspecified atom stereocenters. The van der Waals surface area contributed by atoms with Crippen molar-refractivity contribution in [1.29, 1.82) is 0 Å². The van der Waals surface area contributed by atoms with Crippen LogP contribution in [0.25, 0.3) is 0 Å². The number of ether oxygens (including phenoxy) is 1. The summed E-state index contributed by atoms with van der Waals surface area (Å²) < 4.78 is 18.3. The Morgan fingerprint density at radius 1 is 0.913 bits per heavy atom. The lowest BCUT2D eigenvalue weighted by atomic mass is 10.2. The van der Waals surface area contributed by atoms with Gasteiger partial charge in [-0.3, -0.25) is 14.6 Å². The minimum Gasteiger partial charge on any atom is -0.379 e. The molecule has 2 heterocycles. The Labute approximate surface area is 136 Å². The van der Waals surface area contributed by atoms with Crippen molar-refractivity contribution in [3.8, 4) is 0 Å². The quantitative estimate of drug-likeness (QED) is 0.826. The van der Waals surface area contributed by atoms with Crippen molar-refractivity contribution in [1.82, 2.24) is 14.7 Å². The van der Waals surface area contributed by atoms with Gasteiger partial charge in [0, 0.05) is 57.9 Å². The first-order valence-corrected chi connectivity index (χ1v) is 8.30. The Morgan fingerprint density at radius 2 is 1.48 bits per heavy atom. The topological polar surface area (TPSA) is 36.0 Å². The summed E-state index contributed by atoms with van der Waals surface area (Å²) >= 11 is 0. The van der Waals surface area contributed by atoms with E-state index in [1.54, 1.807) is 12.1 Å². The number of nitrogens with zero attached hydrogens (tertiary/aromatic N) is 3. The van der Waals surface area contributed by atoms with Crippen LogP contribution in [0, 0.1) is 5.82 Å². The molecule has 0 saturated carbocycles. The number of amides is 1. The summed E-state index contributed by atoms with van der Waals surface area (Å²) in [6.07, 6.45) is 0. The zero-order valence-electron chi connectivity index (χ0n) is 13.4. The third-order valence-electron chi connectivity index (χ3n) is 4.59. The summed E-state index contributed by atoms with van der Waals surface area (Å²) in [6, 6.07) is 5.79. The van der Waals surface area contributed by atoms with E-state index in [1.165, 1.54) is 12.1 Å². The summed E-state index contributed by atoms with van der Waals surface area (Å²) in [6.45, 7) is 9.08. The van der Waals surface area contributed by atoms with Crippen molar-refractivity contribution in [2.45, 2.75) is 0 Å². The molecule has 0 N–H and O–H groups in total. The normalized spacial score (nSPS) is 20.7. The Morgan fingerprint density at radius 3 is 2.09 bits per heavy atom. The van der Waals surface area contributed by atoms with E-state index in [-0.39, 0.29) is 11.7 Å². The molecular weight excluding hydrogens is 297 g/mol. The highest BCUT2D eigenvalue weighted by atomic mass is 19.1. The van der Waals surface area contributed by atoms with E-state index < -0.39 is 0 Å². The van der Waals surface area contributed by atoms with Gasteiger partial charge < -0.3 is 9.64 Å². The number of carbonyl (C=O) groups is 1. The summed E-state index contributed by atoms with van der Waals surface area (Å²) in [5.41, 5.74) is 0.563. The maximum Gasteiger partial charge on any atom is 0.253 e. The maximum atomic E-state index is 12.9. The highest BCUT2D eigenvalue weighted by Gasteiger charge is 2.22. The van der Waals surface area contributed by atoms with Gasteiger partial charge in [0.05, 0.1) is 13.2 Å². The van der Waals surface area contributed by atoms with Crippen LogP contribution in [0.4, 0.5) is 4.39 Å². The Bertz CT molecular complexity index is 509. The SMILES string of the molecule is O=C(c1ccc(F)cc1)N1CCN(CCN2CCOCC2)CC1. The van der Waals surface area contributed by atoms with Crippen molar-refractivity contribution in [3.63, 3.8) is 0 Å². The molecule has 0 spiro atoms. The molecule has 2 fully saturated rings. The molecule has 1 aromatic rings. The molecule has 1 aromatic carbocycles. The van der Waals surface area contributed by atoms with Gasteiger partial charge in [0.2, 0.25) is 0 Å². The Kier molecular flexibility index (Phi) is 5.59. The van der Waals surface area contributed by atoms with Crippen LogP contribution in [0.1, 0.15) is 10.4 Å². The molecule has 1 amide bonds. The second kappa shape index (κ2) is 7.86. The van der Waals surface area contributed by atoms with Gasteiger partial charge in [0.25, 0.3) is 5.91 Å². The molecular formula is C17H24FN3O2. The van der Waals surface area contributed by atoms with Gasteiger partial charge >= 0.3 is 0 Å². The molecule has 2 aliphatic rings. The zero-order chi connectivity index (χ0) is 16.1. The van der Waals surface area contributed by atoms with Gasteiger partial charge in [-0.2, -0.15) is 0 Å². The highest BCUT2D eigenvalue weighted by Crippen LogP contribution is 2.10. The average molecular weight is 321 g/mol. The van der Waals surface area contributed by atoms with Gasteiger partial charge in [0.1, 0.15) is 5.82 Å². The largest absolute Gasteiger partial charge is 0.379 e. The van der Waals surface area contributed by atoms with Gasteiger partial charge in [0.15, 0.2) is 0 Å². The number of piperazine rings is 1. The Balaban J connectivity index is 1.42. The number of benzene rings is 1. The number of hydrogen-bond donors (Lipinski definition) is 0. The smallest absolute Gasteiger partial charge is 0.253 e. The third kappa shape index (κ3) is 4.50. The first kappa shape index (κ1) is 16.4. The molecule has 6 heteroatoms. The molecule has 3 rings (SSSR count). The van der Waals surface area contributed by atoms with Crippen LogP contribution in [-0.4, -0.2) is 86.2 Å². The van der Waals surface area contributed by atoms with Crippen molar-refractivity contribution >= 4 is 5.91 Å². The van der Waals surface area contributed by atoms with Crippen LogP contribution >= 0.6 is 0 Å². The van der Waals surface area contributed by atoms with Gasteiger partial charge in [-0.1, -0.05) is 0 Å². The molecule has 126 valence electrons. The fraction of sp³-hybridized carbons (Fsp3) is 0.588. The highest BCUT2D eigenvalue weighted by molar-refractivity contribution is 5.94. The lowest BCUT2D eigenvalue weighted by molar-refractivity contribution is 0.0293.